The first-order valence-electron chi connectivity index (χ1n) is 9.50. The Kier molecular flexibility index (Phi) is 5.99. The Balaban J connectivity index is 1.56. The normalized spacial score (nSPS) is 17.9. The molecular formula is C20H23N3O3S2. The zero-order chi connectivity index (χ0) is 19.5. The second-order valence-corrected chi connectivity index (χ2v) is 9.25. The van der Waals surface area contributed by atoms with Crippen LogP contribution in [0.15, 0.2) is 33.0 Å². The van der Waals surface area contributed by atoms with E-state index < -0.39 is 0 Å². The van der Waals surface area contributed by atoms with Crippen LogP contribution in [-0.4, -0.2) is 46.8 Å². The van der Waals surface area contributed by atoms with Crippen molar-refractivity contribution >= 4 is 40.0 Å². The molecule has 0 radical (unpaired) electrons. The van der Waals surface area contributed by atoms with Gasteiger partial charge in [0, 0.05) is 23.2 Å². The summed E-state index contributed by atoms with van der Waals surface area (Å²) in [4.78, 5) is 15.3. The minimum Gasteiger partial charge on any atom is -0.455 e. The van der Waals surface area contributed by atoms with E-state index in [2.05, 4.69) is 22.0 Å². The number of likely N-dealkylation sites (N-methyl/N-ethyl adjacent to an activating group) is 1. The first kappa shape index (κ1) is 19.4. The highest BCUT2D eigenvalue weighted by molar-refractivity contribution is 8.00. The molecule has 0 aliphatic carbocycles. The predicted molar refractivity (Wildman–Crippen MR) is 111 cm³/mol. The van der Waals surface area contributed by atoms with Gasteiger partial charge in [-0.15, -0.1) is 10.2 Å². The first-order valence-corrected chi connectivity index (χ1v) is 11.3. The van der Waals surface area contributed by atoms with Gasteiger partial charge < -0.3 is 9.15 Å². The Morgan fingerprint density at radius 1 is 1.39 bits per heavy atom. The molecule has 1 fully saturated rings. The second kappa shape index (κ2) is 8.63. The fourth-order valence-corrected chi connectivity index (χ4v) is 5.32. The van der Waals surface area contributed by atoms with Crippen LogP contribution in [0.4, 0.5) is 0 Å². The van der Waals surface area contributed by atoms with Crippen LogP contribution in [0.25, 0.3) is 11.0 Å². The fourth-order valence-electron chi connectivity index (χ4n) is 3.48. The standard InChI is InChI=1S/C20H23N3O3S2/c1-3-23-10-6-7-14(11-23)25-19(24)18-16(12-27-20-22-21-13(2)28-20)15-8-4-5-9-17(15)26-18/h4-5,8-9,14H,3,6-7,10-12H2,1-2H3. The van der Waals surface area contributed by atoms with Gasteiger partial charge in [0.05, 0.1) is 0 Å². The Hall–Kier alpha value is -1.90. The topological polar surface area (TPSA) is 68.5 Å². The summed E-state index contributed by atoms with van der Waals surface area (Å²) in [5.74, 6) is 0.522. The number of carbonyl (C=O) groups excluding carboxylic acids is 1. The molecule has 28 heavy (non-hydrogen) atoms. The number of ether oxygens (including phenoxy) is 1. The van der Waals surface area contributed by atoms with E-state index >= 15 is 0 Å². The van der Waals surface area contributed by atoms with E-state index in [0.717, 1.165) is 52.8 Å². The molecule has 1 aromatic carbocycles. The smallest absolute Gasteiger partial charge is 0.374 e. The minimum atomic E-state index is -0.372. The van der Waals surface area contributed by atoms with Crippen molar-refractivity contribution in [3.05, 3.63) is 40.6 Å². The van der Waals surface area contributed by atoms with Crippen LogP contribution in [0.5, 0.6) is 0 Å². The summed E-state index contributed by atoms with van der Waals surface area (Å²) < 4.78 is 12.6. The summed E-state index contributed by atoms with van der Waals surface area (Å²) in [5.41, 5.74) is 1.57. The molecule has 0 amide bonds. The number of rotatable bonds is 6. The fraction of sp³-hybridized carbons (Fsp3) is 0.450. The molecule has 1 aliphatic heterocycles. The number of thioether (sulfide) groups is 1. The molecule has 3 heterocycles. The van der Waals surface area contributed by atoms with Crippen molar-refractivity contribution in [1.82, 2.24) is 15.1 Å². The Morgan fingerprint density at radius 2 is 2.25 bits per heavy atom. The van der Waals surface area contributed by atoms with Crippen LogP contribution in [0, 0.1) is 6.92 Å². The predicted octanol–water partition coefficient (Wildman–Crippen LogP) is 4.53. The van der Waals surface area contributed by atoms with Crippen LogP contribution < -0.4 is 0 Å². The summed E-state index contributed by atoms with van der Waals surface area (Å²) in [5, 5.41) is 10.1. The summed E-state index contributed by atoms with van der Waals surface area (Å²) in [6.07, 6.45) is 1.86. The summed E-state index contributed by atoms with van der Waals surface area (Å²) in [7, 11) is 0. The molecule has 1 aliphatic rings. The number of esters is 1. The summed E-state index contributed by atoms with van der Waals surface area (Å²) in [6.45, 7) is 6.90. The van der Waals surface area contributed by atoms with Gasteiger partial charge >= 0.3 is 5.97 Å². The Morgan fingerprint density at radius 3 is 3.04 bits per heavy atom. The van der Waals surface area contributed by atoms with E-state index in [9.17, 15) is 4.79 Å². The van der Waals surface area contributed by atoms with Crippen LogP contribution in [-0.2, 0) is 10.5 Å². The van der Waals surface area contributed by atoms with Gasteiger partial charge in [0.1, 0.15) is 16.7 Å². The van der Waals surface area contributed by atoms with Gasteiger partial charge in [-0.3, -0.25) is 4.90 Å². The maximum Gasteiger partial charge on any atom is 0.374 e. The highest BCUT2D eigenvalue weighted by atomic mass is 32.2. The number of hydrogen-bond donors (Lipinski definition) is 0. The molecule has 3 aromatic rings. The van der Waals surface area contributed by atoms with E-state index in [1.807, 2.05) is 31.2 Å². The number of nitrogens with zero attached hydrogens (tertiary/aromatic N) is 3. The molecule has 0 bridgehead atoms. The SMILES string of the molecule is CCN1CCCC(OC(=O)c2oc3ccccc3c2CSc2nnc(C)s2)C1. The zero-order valence-electron chi connectivity index (χ0n) is 16.0. The minimum absolute atomic E-state index is 0.0827. The molecule has 0 spiro atoms. The van der Waals surface area contributed by atoms with Crippen molar-refractivity contribution in [3.63, 3.8) is 0 Å². The highest BCUT2D eigenvalue weighted by Crippen LogP contribution is 2.33. The molecule has 2 aromatic heterocycles. The number of para-hydroxylation sites is 1. The van der Waals surface area contributed by atoms with Crippen LogP contribution in [0.2, 0.25) is 0 Å². The lowest BCUT2D eigenvalue weighted by atomic mass is 10.1. The summed E-state index contributed by atoms with van der Waals surface area (Å²) >= 11 is 3.11. The number of carbonyl (C=O) groups is 1. The molecule has 0 N–H and O–H groups in total. The van der Waals surface area contributed by atoms with Crippen molar-refractivity contribution in [1.29, 1.82) is 0 Å². The average Bonchev–Trinajstić information content (AvgIpc) is 3.29. The highest BCUT2D eigenvalue weighted by Gasteiger charge is 2.27. The van der Waals surface area contributed by atoms with Crippen molar-refractivity contribution in [3.8, 4) is 0 Å². The molecule has 0 saturated carbocycles. The molecule has 1 atom stereocenters. The lowest BCUT2D eigenvalue weighted by molar-refractivity contribution is 0.00488. The Bertz CT molecular complexity index is 969. The quantitative estimate of drug-likeness (QED) is 0.431. The van der Waals surface area contributed by atoms with Crippen molar-refractivity contribution in [2.24, 2.45) is 0 Å². The maximum absolute atomic E-state index is 12.9. The van der Waals surface area contributed by atoms with E-state index in [0.29, 0.717) is 17.1 Å². The van der Waals surface area contributed by atoms with Crippen LogP contribution in [0.1, 0.15) is 40.9 Å². The van der Waals surface area contributed by atoms with Gasteiger partial charge in [0.2, 0.25) is 5.76 Å². The van der Waals surface area contributed by atoms with E-state index in [1.165, 1.54) is 0 Å². The second-order valence-electron chi connectivity index (χ2n) is 6.84. The summed E-state index contributed by atoms with van der Waals surface area (Å²) in [6, 6.07) is 7.73. The lowest BCUT2D eigenvalue weighted by Crippen LogP contribution is -2.40. The third kappa shape index (κ3) is 4.24. The van der Waals surface area contributed by atoms with Gasteiger partial charge in [0.15, 0.2) is 4.34 Å². The van der Waals surface area contributed by atoms with Gasteiger partial charge in [-0.25, -0.2) is 4.79 Å². The number of furan rings is 1. The maximum atomic E-state index is 12.9. The van der Waals surface area contributed by atoms with Crippen LogP contribution in [0.3, 0.4) is 0 Å². The van der Waals surface area contributed by atoms with Gasteiger partial charge in [-0.1, -0.05) is 48.2 Å². The molecular weight excluding hydrogens is 394 g/mol. The number of likely N-dealkylation sites (tertiary alicyclic amines) is 1. The van der Waals surface area contributed by atoms with E-state index in [-0.39, 0.29) is 12.1 Å². The molecule has 1 unspecified atom stereocenters. The van der Waals surface area contributed by atoms with Crippen LogP contribution >= 0.6 is 23.1 Å². The number of aromatic nitrogens is 2. The monoisotopic (exact) mass is 417 g/mol. The van der Waals surface area contributed by atoms with E-state index in [1.54, 1.807) is 23.1 Å². The average molecular weight is 418 g/mol. The number of piperidine rings is 1. The van der Waals surface area contributed by atoms with Crippen molar-refractivity contribution < 1.29 is 13.9 Å². The lowest BCUT2D eigenvalue weighted by Gasteiger charge is -2.31. The zero-order valence-corrected chi connectivity index (χ0v) is 17.6. The molecule has 148 valence electrons. The molecule has 8 heteroatoms. The van der Waals surface area contributed by atoms with Gasteiger partial charge in [-0.05, 0) is 38.9 Å². The first-order chi connectivity index (χ1) is 13.6. The number of aryl methyl sites for hydroxylation is 1. The third-order valence-electron chi connectivity index (χ3n) is 4.91. The number of hydrogen-bond acceptors (Lipinski definition) is 8. The number of fused-ring (bicyclic) bond motifs is 1. The number of benzene rings is 1. The third-order valence-corrected chi connectivity index (χ3v) is 6.91. The largest absolute Gasteiger partial charge is 0.455 e. The molecule has 4 rings (SSSR count). The van der Waals surface area contributed by atoms with E-state index in [4.69, 9.17) is 9.15 Å². The van der Waals surface area contributed by atoms with Crippen molar-refractivity contribution in [2.75, 3.05) is 19.6 Å². The van der Waals surface area contributed by atoms with Crippen molar-refractivity contribution in [2.45, 2.75) is 42.9 Å². The molecule has 6 nitrogen and oxygen atoms in total. The molecule has 1 saturated heterocycles. The van der Waals surface area contributed by atoms with Gasteiger partial charge in [-0.2, -0.15) is 0 Å². The van der Waals surface area contributed by atoms with Gasteiger partial charge in [0.25, 0.3) is 0 Å². The Labute approximate surface area is 172 Å².